The summed E-state index contributed by atoms with van der Waals surface area (Å²) in [6.07, 6.45) is 16.5. The van der Waals surface area contributed by atoms with E-state index in [2.05, 4.69) is 18.5 Å². The molecule has 0 heterocycles. The molecule has 1 aliphatic rings. The standard InChI is InChI=1S/C16H33NS/c1-3-8-15-9-7-10-16(12-11-15)17-13-5-4-6-14-18-2/h15-17H,3-14H2,1-2H3. The highest BCUT2D eigenvalue weighted by Gasteiger charge is 2.17. The fourth-order valence-electron chi connectivity index (χ4n) is 3.13. The van der Waals surface area contributed by atoms with E-state index in [-0.39, 0.29) is 0 Å². The van der Waals surface area contributed by atoms with Crippen LogP contribution in [0.2, 0.25) is 0 Å². The van der Waals surface area contributed by atoms with E-state index in [1.54, 1.807) is 0 Å². The Labute approximate surface area is 119 Å². The van der Waals surface area contributed by atoms with E-state index in [1.165, 1.54) is 76.5 Å². The van der Waals surface area contributed by atoms with Gasteiger partial charge in [-0.3, -0.25) is 0 Å². The maximum absolute atomic E-state index is 3.79. The predicted molar refractivity (Wildman–Crippen MR) is 85.5 cm³/mol. The first kappa shape index (κ1) is 16.4. The number of unbranched alkanes of at least 4 members (excludes halogenated alkanes) is 2. The summed E-state index contributed by atoms with van der Waals surface area (Å²) in [4.78, 5) is 0. The Morgan fingerprint density at radius 2 is 1.94 bits per heavy atom. The van der Waals surface area contributed by atoms with E-state index >= 15 is 0 Å². The predicted octanol–water partition coefficient (Wildman–Crippen LogP) is 4.86. The molecule has 2 unspecified atom stereocenters. The Hall–Kier alpha value is 0.310. The summed E-state index contributed by atoms with van der Waals surface area (Å²) in [5.74, 6) is 2.37. The second-order valence-corrected chi connectivity index (χ2v) is 6.85. The minimum atomic E-state index is 0.826. The average Bonchev–Trinajstić information content (AvgIpc) is 2.60. The van der Waals surface area contributed by atoms with Crippen LogP contribution in [-0.2, 0) is 0 Å². The molecule has 1 rings (SSSR count). The summed E-state index contributed by atoms with van der Waals surface area (Å²) in [7, 11) is 0. The molecule has 0 aromatic heterocycles. The van der Waals surface area contributed by atoms with Crippen molar-refractivity contribution in [3.05, 3.63) is 0 Å². The third-order valence-corrected chi connectivity index (χ3v) is 4.94. The van der Waals surface area contributed by atoms with Gasteiger partial charge in [-0.05, 0) is 56.6 Å². The summed E-state index contributed by atoms with van der Waals surface area (Å²) >= 11 is 1.97. The molecule has 1 N–H and O–H groups in total. The lowest BCUT2D eigenvalue weighted by Crippen LogP contribution is -2.29. The molecule has 2 atom stereocenters. The van der Waals surface area contributed by atoms with Crippen molar-refractivity contribution in [2.24, 2.45) is 5.92 Å². The van der Waals surface area contributed by atoms with Gasteiger partial charge in [0.25, 0.3) is 0 Å². The molecule has 1 aliphatic carbocycles. The molecular weight excluding hydrogens is 238 g/mol. The number of nitrogens with one attached hydrogen (secondary N) is 1. The number of hydrogen-bond acceptors (Lipinski definition) is 2. The largest absolute Gasteiger partial charge is 0.314 e. The smallest absolute Gasteiger partial charge is 0.00671 e. The SMILES string of the molecule is CCCC1CCCC(NCCCCCSC)CC1. The fraction of sp³-hybridized carbons (Fsp3) is 1.00. The monoisotopic (exact) mass is 271 g/mol. The maximum Gasteiger partial charge on any atom is 0.00671 e. The third-order valence-electron chi connectivity index (χ3n) is 4.24. The number of rotatable bonds is 9. The molecule has 0 radical (unpaired) electrons. The zero-order chi connectivity index (χ0) is 13.1. The molecule has 1 nitrogen and oxygen atoms in total. The van der Waals surface area contributed by atoms with Gasteiger partial charge in [-0.2, -0.15) is 11.8 Å². The van der Waals surface area contributed by atoms with Crippen molar-refractivity contribution in [3.63, 3.8) is 0 Å². The molecule has 1 fully saturated rings. The molecule has 108 valence electrons. The van der Waals surface area contributed by atoms with Crippen molar-refractivity contribution in [1.82, 2.24) is 5.32 Å². The molecular formula is C16H33NS. The van der Waals surface area contributed by atoms with Crippen molar-refractivity contribution in [3.8, 4) is 0 Å². The second kappa shape index (κ2) is 11.2. The van der Waals surface area contributed by atoms with Gasteiger partial charge in [0, 0.05) is 6.04 Å². The molecule has 0 saturated heterocycles. The summed E-state index contributed by atoms with van der Waals surface area (Å²) in [6, 6.07) is 0.826. The fourth-order valence-corrected chi connectivity index (χ4v) is 3.63. The lowest BCUT2D eigenvalue weighted by molar-refractivity contribution is 0.408. The van der Waals surface area contributed by atoms with Crippen molar-refractivity contribution < 1.29 is 0 Å². The Kier molecular flexibility index (Phi) is 10.1. The maximum atomic E-state index is 3.79. The number of thioether (sulfide) groups is 1. The molecule has 2 heteroatoms. The van der Waals surface area contributed by atoms with Crippen molar-refractivity contribution in [2.75, 3.05) is 18.6 Å². The molecule has 0 aromatic carbocycles. The van der Waals surface area contributed by atoms with Crippen LogP contribution in [0.4, 0.5) is 0 Å². The van der Waals surface area contributed by atoms with Gasteiger partial charge in [-0.25, -0.2) is 0 Å². The summed E-state index contributed by atoms with van der Waals surface area (Å²) < 4.78 is 0. The van der Waals surface area contributed by atoms with E-state index in [1.807, 2.05) is 11.8 Å². The van der Waals surface area contributed by atoms with Crippen molar-refractivity contribution >= 4 is 11.8 Å². The summed E-state index contributed by atoms with van der Waals surface area (Å²) in [6.45, 7) is 3.58. The minimum absolute atomic E-state index is 0.826. The minimum Gasteiger partial charge on any atom is -0.314 e. The Morgan fingerprint density at radius 3 is 2.72 bits per heavy atom. The van der Waals surface area contributed by atoms with Crippen LogP contribution in [0.15, 0.2) is 0 Å². The van der Waals surface area contributed by atoms with Crippen molar-refractivity contribution in [2.45, 2.75) is 77.2 Å². The Bertz CT molecular complexity index is 184. The topological polar surface area (TPSA) is 12.0 Å². The van der Waals surface area contributed by atoms with E-state index in [9.17, 15) is 0 Å². The quantitative estimate of drug-likeness (QED) is 0.475. The van der Waals surface area contributed by atoms with Gasteiger partial charge >= 0.3 is 0 Å². The van der Waals surface area contributed by atoms with Gasteiger partial charge in [0.15, 0.2) is 0 Å². The first-order valence-electron chi connectivity index (χ1n) is 8.09. The molecule has 0 aliphatic heterocycles. The molecule has 0 spiro atoms. The molecule has 18 heavy (non-hydrogen) atoms. The van der Waals surface area contributed by atoms with Crippen LogP contribution in [0.25, 0.3) is 0 Å². The van der Waals surface area contributed by atoms with Crippen LogP contribution in [0, 0.1) is 5.92 Å². The molecule has 0 amide bonds. The van der Waals surface area contributed by atoms with Crippen LogP contribution in [0.5, 0.6) is 0 Å². The average molecular weight is 272 g/mol. The van der Waals surface area contributed by atoms with E-state index in [4.69, 9.17) is 0 Å². The van der Waals surface area contributed by atoms with Gasteiger partial charge in [-0.15, -0.1) is 0 Å². The summed E-state index contributed by atoms with van der Waals surface area (Å²) in [5.41, 5.74) is 0. The van der Waals surface area contributed by atoms with Gasteiger partial charge < -0.3 is 5.32 Å². The molecule has 1 saturated carbocycles. The Morgan fingerprint density at radius 1 is 1.06 bits per heavy atom. The lowest BCUT2D eigenvalue weighted by atomic mass is 9.95. The van der Waals surface area contributed by atoms with Crippen LogP contribution in [-0.4, -0.2) is 24.6 Å². The summed E-state index contributed by atoms with van der Waals surface area (Å²) in [5, 5.41) is 3.79. The van der Waals surface area contributed by atoms with Gasteiger partial charge in [-0.1, -0.05) is 39.0 Å². The highest BCUT2D eigenvalue weighted by atomic mass is 32.2. The van der Waals surface area contributed by atoms with Gasteiger partial charge in [0.1, 0.15) is 0 Å². The van der Waals surface area contributed by atoms with Gasteiger partial charge in [0.2, 0.25) is 0 Å². The lowest BCUT2D eigenvalue weighted by Gasteiger charge is -2.16. The third kappa shape index (κ3) is 7.68. The number of hydrogen-bond donors (Lipinski definition) is 1. The highest BCUT2D eigenvalue weighted by molar-refractivity contribution is 7.98. The zero-order valence-corrected chi connectivity index (χ0v) is 13.4. The van der Waals surface area contributed by atoms with E-state index in [0.717, 1.165) is 12.0 Å². The van der Waals surface area contributed by atoms with Crippen LogP contribution in [0.3, 0.4) is 0 Å². The van der Waals surface area contributed by atoms with Crippen LogP contribution in [0.1, 0.15) is 71.1 Å². The zero-order valence-electron chi connectivity index (χ0n) is 12.5. The van der Waals surface area contributed by atoms with E-state index in [0.29, 0.717) is 0 Å². The second-order valence-electron chi connectivity index (χ2n) is 5.87. The van der Waals surface area contributed by atoms with Crippen LogP contribution < -0.4 is 5.32 Å². The van der Waals surface area contributed by atoms with Crippen molar-refractivity contribution in [1.29, 1.82) is 0 Å². The molecule has 0 bridgehead atoms. The normalized spacial score (nSPS) is 25.0. The first-order valence-corrected chi connectivity index (χ1v) is 9.48. The highest BCUT2D eigenvalue weighted by Crippen LogP contribution is 2.26. The van der Waals surface area contributed by atoms with E-state index < -0.39 is 0 Å². The first-order chi connectivity index (χ1) is 8.86. The molecule has 0 aromatic rings. The Balaban J connectivity index is 2.01. The van der Waals surface area contributed by atoms with Crippen LogP contribution >= 0.6 is 11.8 Å². The van der Waals surface area contributed by atoms with Gasteiger partial charge in [0.05, 0.1) is 0 Å².